The first-order valence-electron chi connectivity index (χ1n) is 7.51. The molecule has 0 aliphatic carbocycles. The van der Waals surface area contributed by atoms with E-state index in [1.807, 2.05) is 0 Å². The molecule has 1 saturated heterocycles. The van der Waals surface area contributed by atoms with E-state index in [0.29, 0.717) is 25.0 Å². The first-order chi connectivity index (χ1) is 11.9. The third-order valence-corrected chi connectivity index (χ3v) is 3.93. The lowest BCUT2D eigenvalue weighted by Gasteiger charge is -2.23. The van der Waals surface area contributed by atoms with Crippen molar-refractivity contribution in [3.8, 4) is 0 Å². The number of rotatable bonds is 4. The molecule has 11 heteroatoms. The van der Waals surface area contributed by atoms with Crippen molar-refractivity contribution >= 4 is 17.5 Å². The van der Waals surface area contributed by atoms with Crippen molar-refractivity contribution in [2.24, 2.45) is 5.73 Å². The van der Waals surface area contributed by atoms with E-state index in [0.717, 1.165) is 4.90 Å². The fourth-order valence-electron chi connectivity index (χ4n) is 2.70. The predicted octanol–water partition coefficient (Wildman–Crippen LogP) is 2.61. The third-order valence-electron chi connectivity index (χ3n) is 3.93. The molecule has 1 unspecified atom stereocenters. The van der Waals surface area contributed by atoms with Gasteiger partial charge in [-0.25, -0.2) is 0 Å². The number of halogens is 6. The topological polar surface area (TPSA) is 75.4 Å². The molecule has 2 amide bonds. The summed E-state index contributed by atoms with van der Waals surface area (Å²) in [6, 6.07) is 0.142. The van der Waals surface area contributed by atoms with Crippen LogP contribution in [0.5, 0.6) is 0 Å². The molecule has 26 heavy (non-hydrogen) atoms. The molecule has 2 rings (SSSR count). The molecular weight excluding hydrogens is 368 g/mol. The van der Waals surface area contributed by atoms with Gasteiger partial charge in [-0.05, 0) is 31.0 Å². The van der Waals surface area contributed by atoms with Gasteiger partial charge >= 0.3 is 12.4 Å². The normalized spacial score (nSPS) is 18.1. The molecule has 3 N–H and O–H groups in total. The molecule has 1 atom stereocenters. The number of nitrogens with one attached hydrogen (secondary N) is 1. The minimum absolute atomic E-state index is 0.00338. The maximum atomic E-state index is 12.8. The summed E-state index contributed by atoms with van der Waals surface area (Å²) in [6.45, 7) is -0.326. The second-order valence-electron chi connectivity index (χ2n) is 5.80. The molecule has 0 bridgehead atoms. The number of likely N-dealkylation sites (tertiary alicyclic amines) is 1. The molecule has 0 aromatic heterocycles. The Balaban J connectivity index is 2.18. The van der Waals surface area contributed by atoms with Crippen LogP contribution in [0.4, 0.5) is 32.0 Å². The molecule has 1 aliphatic rings. The Labute approximate surface area is 144 Å². The Hall–Kier alpha value is -2.46. The minimum atomic E-state index is -4.98. The molecule has 1 fully saturated rings. The number of carbonyl (C=O) groups excluding carboxylic acids is 2. The van der Waals surface area contributed by atoms with Crippen molar-refractivity contribution in [3.63, 3.8) is 0 Å². The maximum Gasteiger partial charge on any atom is 0.416 e. The lowest BCUT2D eigenvalue weighted by Crippen LogP contribution is -2.45. The summed E-state index contributed by atoms with van der Waals surface area (Å²) in [7, 11) is 0. The number of nitrogens with two attached hydrogens (primary N) is 1. The predicted molar refractivity (Wildman–Crippen MR) is 78.9 cm³/mol. The maximum absolute atomic E-state index is 12.8. The van der Waals surface area contributed by atoms with Crippen molar-refractivity contribution < 1.29 is 35.9 Å². The lowest BCUT2D eigenvalue weighted by atomic mass is 10.1. The van der Waals surface area contributed by atoms with Crippen molar-refractivity contribution in [2.45, 2.75) is 31.2 Å². The van der Waals surface area contributed by atoms with E-state index in [9.17, 15) is 35.9 Å². The SMILES string of the molecule is NC(=O)C1CCCN1C(=O)CNc1cc(C(F)(F)F)cc(C(F)(F)F)c1. The molecule has 0 radical (unpaired) electrons. The molecule has 1 aromatic carbocycles. The zero-order valence-electron chi connectivity index (χ0n) is 13.2. The van der Waals surface area contributed by atoms with E-state index in [4.69, 9.17) is 5.73 Å². The van der Waals surface area contributed by atoms with E-state index < -0.39 is 53.6 Å². The highest BCUT2D eigenvalue weighted by Crippen LogP contribution is 2.37. The van der Waals surface area contributed by atoms with Gasteiger partial charge in [-0.1, -0.05) is 0 Å². The zero-order chi connectivity index (χ0) is 19.7. The highest BCUT2D eigenvalue weighted by molar-refractivity contribution is 5.89. The molecule has 5 nitrogen and oxygen atoms in total. The van der Waals surface area contributed by atoms with Crippen LogP contribution in [0, 0.1) is 0 Å². The number of hydrogen-bond donors (Lipinski definition) is 2. The molecule has 0 spiro atoms. The number of anilines is 1. The van der Waals surface area contributed by atoms with Gasteiger partial charge in [-0.15, -0.1) is 0 Å². The quantitative estimate of drug-likeness (QED) is 0.785. The van der Waals surface area contributed by atoms with Gasteiger partial charge in [0.25, 0.3) is 0 Å². The van der Waals surface area contributed by atoms with Crippen molar-refractivity contribution in [1.29, 1.82) is 0 Å². The van der Waals surface area contributed by atoms with Crippen molar-refractivity contribution in [1.82, 2.24) is 4.90 Å². The van der Waals surface area contributed by atoms with Gasteiger partial charge in [0.05, 0.1) is 17.7 Å². The van der Waals surface area contributed by atoms with Crippen LogP contribution in [0.1, 0.15) is 24.0 Å². The molecule has 144 valence electrons. The second kappa shape index (κ2) is 7.04. The van der Waals surface area contributed by atoms with Gasteiger partial charge in [0.2, 0.25) is 11.8 Å². The van der Waals surface area contributed by atoms with Crippen molar-refractivity contribution in [2.75, 3.05) is 18.4 Å². The molecule has 0 saturated carbocycles. The van der Waals surface area contributed by atoms with E-state index >= 15 is 0 Å². The smallest absolute Gasteiger partial charge is 0.376 e. The van der Waals surface area contributed by atoms with Crippen LogP contribution >= 0.6 is 0 Å². The van der Waals surface area contributed by atoms with Crippen LogP contribution in [0.2, 0.25) is 0 Å². The highest BCUT2D eigenvalue weighted by Gasteiger charge is 2.37. The Morgan fingerprint density at radius 2 is 1.62 bits per heavy atom. The standard InChI is InChI=1S/C15H15F6N3O2/c16-14(17,18)8-4-9(15(19,20)21)6-10(5-8)23-7-12(25)24-3-1-2-11(24)13(22)26/h4-6,11,23H,1-3,7H2,(H2,22,26). The third kappa shape index (κ3) is 4.58. The summed E-state index contributed by atoms with van der Waals surface area (Å²) >= 11 is 0. The summed E-state index contributed by atoms with van der Waals surface area (Å²) < 4.78 is 76.8. The van der Waals surface area contributed by atoms with Crippen LogP contribution in [-0.4, -0.2) is 35.8 Å². The number of hydrogen-bond acceptors (Lipinski definition) is 3. The van der Waals surface area contributed by atoms with E-state index in [1.165, 1.54) is 0 Å². The number of nitrogens with zero attached hydrogens (tertiary/aromatic N) is 1. The van der Waals surface area contributed by atoms with Crippen LogP contribution in [0.25, 0.3) is 0 Å². The van der Waals surface area contributed by atoms with Gasteiger partial charge in [-0.3, -0.25) is 9.59 Å². The van der Waals surface area contributed by atoms with Crippen LogP contribution < -0.4 is 11.1 Å². The fraction of sp³-hybridized carbons (Fsp3) is 0.467. The number of alkyl halides is 6. The van der Waals surface area contributed by atoms with Gasteiger partial charge < -0.3 is 16.0 Å². The van der Waals surface area contributed by atoms with Crippen molar-refractivity contribution in [3.05, 3.63) is 29.3 Å². The van der Waals surface area contributed by atoms with Crippen LogP contribution in [0.15, 0.2) is 18.2 Å². The Bertz CT molecular complexity index is 669. The number of amides is 2. The minimum Gasteiger partial charge on any atom is -0.376 e. The van der Waals surface area contributed by atoms with E-state index in [1.54, 1.807) is 0 Å². The van der Waals surface area contributed by atoms with Gasteiger partial charge in [-0.2, -0.15) is 26.3 Å². The Morgan fingerprint density at radius 3 is 2.08 bits per heavy atom. The molecule has 1 heterocycles. The summed E-state index contributed by atoms with van der Waals surface area (Å²) in [5.41, 5.74) is 1.69. The number of primary amides is 1. The van der Waals surface area contributed by atoms with E-state index in [2.05, 4.69) is 5.32 Å². The first kappa shape index (κ1) is 19.9. The summed E-state index contributed by atoms with van der Waals surface area (Å²) in [4.78, 5) is 24.5. The monoisotopic (exact) mass is 383 g/mol. The lowest BCUT2D eigenvalue weighted by molar-refractivity contribution is -0.143. The second-order valence-corrected chi connectivity index (χ2v) is 5.80. The molecule has 1 aliphatic heterocycles. The highest BCUT2D eigenvalue weighted by atomic mass is 19.4. The molecular formula is C15H15F6N3O2. The Morgan fingerprint density at radius 1 is 1.08 bits per heavy atom. The summed E-state index contributed by atoms with van der Waals surface area (Å²) in [5, 5.41) is 2.26. The average Bonchev–Trinajstić information content (AvgIpc) is 3.00. The summed E-state index contributed by atoms with van der Waals surface area (Å²) in [5.74, 6) is -1.36. The van der Waals surface area contributed by atoms with Gasteiger partial charge in [0.1, 0.15) is 6.04 Å². The Kier molecular flexibility index (Phi) is 5.38. The fourth-order valence-corrected chi connectivity index (χ4v) is 2.70. The zero-order valence-corrected chi connectivity index (χ0v) is 13.2. The largest absolute Gasteiger partial charge is 0.416 e. The van der Waals surface area contributed by atoms with Gasteiger partial charge in [0.15, 0.2) is 0 Å². The van der Waals surface area contributed by atoms with Crippen LogP contribution in [-0.2, 0) is 21.9 Å². The molecule has 1 aromatic rings. The summed E-state index contributed by atoms with van der Waals surface area (Å²) in [6.07, 6.45) is -9.06. The van der Waals surface area contributed by atoms with Gasteiger partial charge in [0, 0.05) is 12.2 Å². The number of benzene rings is 1. The van der Waals surface area contributed by atoms with Crippen LogP contribution in [0.3, 0.4) is 0 Å². The average molecular weight is 383 g/mol. The first-order valence-corrected chi connectivity index (χ1v) is 7.51. The van der Waals surface area contributed by atoms with E-state index in [-0.39, 0.29) is 12.6 Å². The number of carbonyl (C=O) groups is 2.